The van der Waals surface area contributed by atoms with E-state index in [2.05, 4.69) is 34.1 Å². The predicted octanol–water partition coefficient (Wildman–Crippen LogP) is 3.40. The molecule has 2 rings (SSSR count). The minimum Gasteiger partial charge on any atom is -0.300 e. The third-order valence-electron chi connectivity index (χ3n) is 3.79. The van der Waals surface area contributed by atoms with Crippen LogP contribution in [-0.4, -0.2) is 31.1 Å². The van der Waals surface area contributed by atoms with Crippen LogP contribution in [0.25, 0.3) is 0 Å². The summed E-state index contributed by atoms with van der Waals surface area (Å²) in [4.78, 5) is 12.0. The Morgan fingerprint density at radius 1 is 1.23 bits per heavy atom. The zero-order valence-electron chi connectivity index (χ0n) is 14.5. The second-order valence-electron chi connectivity index (χ2n) is 5.59. The fraction of sp³-hybridized carbons (Fsp3) is 0.438. The molecule has 1 aromatic heterocycles. The number of carbonyl (C=O) groups excluding carboxylic acids is 1. The van der Waals surface area contributed by atoms with Gasteiger partial charge in [-0.3, -0.25) is 4.79 Å². The maximum absolute atomic E-state index is 12.2. The van der Waals surface area contributed by atoms with Crippen LogP contribution < -0.4 is 10.0 Å². The summed E-state index contributed by atoms with van der Waals surface area (Å²) < 4.78 is 26.7. The van der Waals surface area contributed by atoms with Gasteiger partial charge in [0.25, 0.3) is 0 Å². The highest BCUT2D eigenvalue weighted by atomic mass is 35.5. The van der Waals surface area contributed by atoms with Gasteiger partial charge in [0.05, 0.1) is 5.02 Å². The van der Waals surface area contributed by atoms with Crippen molar-refractivity contribution in [3.63, 3.8) is 0 Å². The average molecular weight is 417 g/mol. The van der Waals surface area contributed by atoms with Crippen molar-refractivity contribution in [2.24, 2.45) is 0 Å². The van der Waals surface area contributed by atoms with Crippen molar-refractivity contribution >= 4 is 44.0 Å². The van der Waals surface area contributed by atoms with Crippen LogP contribution in [0.3, 0.4) is 0 Å². The van der Waals surface area contributed by atoms with Crippen LogP contribution in [-0.2, 0) is 14.8 Å². The predicted molar refractivity (Wildman–Crippen MR) is 103 cm³/mol. The lowest BCUT2D eigenvalue weighted by atomic mass is 10.1. The highest BCUT2D eigenvalue weighted by molar-refractivity contribution is 7.89. The summed E-state index contributed by atoms with van der Waals surface area (Å²) in [5.41, 5.74) is 0. The molecule has 2 aromatic rings. The van der Waals surface area contributed by atoms with Gasteiger partial charge in [-0.15, -0.1) is 10.2 Å². The van der Waals surface area contributed by atoms with Gasteiger partial charge >= 0.3 is 0 Å². The molecular weight excluding hydrogens is 396 g/mol. The number of amides is 1. The molecule has 0 aliphatic heterocycles. The molecule has 7 nitrogen and oxygen atoms in total. The highest BCUT2D eigenvalue weighted by Crippen LogP contribution is 2.28. The molecule has 0 saturated heterocycles. The smallest absolute Gasteiger partial charge is 0.242 e. The van der Waals surface area contributed by atoms with Gasteiger partial charge in [-0.2, -0.15) is 0 Å². The van der Waals surface area contributed by atoms with Crippen LogP contribution in [0.5, 0.6) is 0 Å². The molecule has 0 spiro atoms. The summed E-state index contributed by atoms with van der Waals surface area (Å²) in [6.45, 7) is 4.12. The molecule has 26 heavy (non-hydrogen) atoms. The summed E-state index contributed by atoms with van der Waals surface area (Å²) in [5.74, 6) is -0.000289. The van der Waals surface area contributed by atoms with E-state index in [9.17, 15) is 13.2 Å². The molecule has 0 aliphatic rings. The van der Waals surface area contributed by atoms with Crippen LogP contribution in [0.2, 0.25) is 5.02 Å². The van der Waals surface area contributed by atoms with E-state index in [0.717, 1.165) is 17.8 Å². The van der Waals surface area contributed by atoms with E-state index in [1.54, 1.807) is 12.1 Å². The Labute approximate surface area is 162 Å². The van der Waals surface area contributed by atoms with E-state index < -0.39 is 10.0 Å². The summed E-state index contributed by atoms with van der Waals surface area (Å²) in [5, 5.41) is 12.2. The van der Waals surface area contributed by atoms with Crippen LogP contribution in [0, 0.1) is 0 Å². The number of aromatic nitrogens is 2. The van der Waals surface area contributed by atoms with Gasteiger partial charge in [-0.25, -0.2) is 13.1 Å². The summed E-state index contributed by atoms with van der Waals surface area (Å²) in [6.07, 6.45) is 1.90. The first-order chi connectivity index (χ1) is 12.4. The third-order valence-corrected chi connectivity index (χ3v) is 6.75. The minimum absolute atomic E-state index is 0.0130. The lowest BCUT2D eigenvalue weighted by Crippen LogP contribution is -2.28. The summed E-state index contributed by atoms with van der Waals surface area (Å²) in [6, 6.07) is 6.13. The second kappa shape index (κ2) is 9.40. The molecule has 142 valence electrons. The number of nitrogens with zero attached hydrogens (tertiary/aromatic N) is 2. The van der Waals surface area contributed by atoms with Gasteiger partial charge in [0, 0.05) is 18.9 Å². The standard InChI is InChI=1S/C16H21ClN4O3S2/c1-3-11(4-2)15-20-21-16(25-15)19-14(22)9-10-18-26(23,24)13-8-6-5-7-12(13)17/h5-8,11,18H,3-4,9-10H2,1-2H3,(H,19,21,22). The van der Waals surface area contributed by atoms with Crippen LogP contribution >= 0.6 is 22.9 Å². The highest BCUT2D eigenvalue weighted by Gasteiger charge is 2.18. The van der Waals surface area contributed by atoms with Crippen molar-refractivity contribution in [3.05, 3.63) is 34.3 Å². The Hall–Kier alpha value is -1.55. The van der Waals surface area contributed by atoms with Crippen molar-refractivity contribution in [1.82, 2.24) is 14.9 Å². The van der Waals surface area contributed by atoms with Crippen molar-refractivity contribution in [1.29, 1.82) is 0 Å². The molecule has 0 atom stereocenters. The number of nitrogens with one attached hydrogen (secondary N) is 2. The first-order valence-electron chi connectivity index (χ1n) is 8.24. The van der Waals surface area contributed by atoms with Crippen molar-refractivity contribution in [2.45, 2.75) is 43.9 Å². The number of hydrogen-bond donors (Lipinski definition) is 2. The number of halogens is 1. The summed E-state index contributed by atoms with van der Waals surface area (Å²) in [7, 11) is -3.76. The van der Waals surface area contributed by atoms with Gasteiger partial charge in [0.1, 0.15) is 9.90 Å². The number of sulfonamides is 1. The fourth-order valence-electron chi connectivity index (χ4n) is 2.31. The second-order valence-corrected chi connectivity index (χ2v) is 8.74. The molecule has 10 heteroatoms. The molecule has 0 bridgehead atoms. The van der Waals surface area contributed by atoms with E-state index in [-0.39, 0.29) is 28.8 Å². The van der Waals surface area contributed by atoms with Crippen LogP contribution in [0.15, 0.2) is 29.2 Å². The lowest BCUT2D eigenvalue weighted by molar-refractivity contribution is -0.116. The molecule has 1 amide bonds. The lowest BCUT2D eigenvalue weighted by Gasteiger charge is -2.08. The molecule has 0 radical (unpaired) electrons. The van der Waals surface area contributed by atoms with Crippen molar-refractivity contribution < 1.29 is 13.2 Å². The molecular formula is C16H21ClN4O3S2. The van der Waals surface area contributed by atoms with E-state index >= 15 is 0 Å². The molecule has 0 unspecified atom stereocenters. The van der Waals surface area contributed by atoms with Crippen LogP contribution in [0.4, 0.5) is 5.13 Å². The van der Waals surface area contributed by atoms with E-state index in [4.69, 9.17) is 11.6 Å². The quantitative estimate of drug-likeness (QED) is 0.652. The molecule has 0 fully saturated rings. The van der Waals surface area contributed by atoms with E-state index in [0.29, 0.717) is 11.0 Å². The zero-order valence-corrected chi connectivity index (χ0v) is 16.9. The number of anilines is 1. The van der Waals surface area contributed by atoms with Gasteiger partial charge in [-0.05, 0) is 25.0 Å². The van der Waals surface area contributed by atoms with Crippen molar-refractivity contribution in [3.8, 4) is 0 Å². The first kappa shape index (κ1) is 20.8. The largest absolute Gasteiger partial charge is 0.300 e. The number of benzene rings is 1. The van der Waals surface area contributed by atoms with Gasteiger partial charge in [0.2, 0.25) is 21.1 Å². The van der Waals surface area contributed by atoms with E-state index in [1.165, 1.54) is 23.5 Å². The molecule has 0 saturated carbocycles. The van der Waals surface area contributed by atoms with Crippen molar-refractivity contribution in [2.75, 3.05) is 11.9 Å². The summed E-state index contributed by atoms with van der Waals surface area (Å²) >= 11 is 7.24. The minimum atomic E-state index is -3.76. The number of carbonyl (C=O) groups is 1. The number of rotatable bonds is 9. The first-order valence-corrected chi connectivity index (χ1v) is 10.9. The Morgan fingerprint density at radius 3 is 2.58 bits per heavy atom. The third kappa shape index (κ3) is 5.47. The normalized spacial score (nSPS) is 11.7. The number of hydrogen-bond acceptors (Lipinski definition) is 6. The Kier molecular flexibility index (Phi) is 7.51. The van der Waals surface area contributed by atoms with Crippen LogP contribution in [0.1, 0.15) is 44.0 Å². The molecule has 1 aromatic carbocycles. The zero-order chi connectivity index (χ0) is 19.2. The maximum Gasteiger partial charge on any atom is 0.242 e. The molecule has 1 heterocycles. The maximum atomic E-state index is 12.2. The Morgan fingerprint density at radius 2 is 1.92 bits per heavy atom. The van der Waals surface area contributed by atoms with Gasteiger partial charge in [0.15, 0.2) is 0 Å². The average Bonchev–Trinajstić information content (AvgIpc) is 3.04. The SMILES string of the molecule is CCC(CC)c1nnc(NC(=O)CCNS(=O)(=O)c2ccccc2Cl)s1. The van der Waals surface area contributed by atoms with E-state index in [1.807, 2.05) is 0 Å². The monoisotopic (exact) mass is 416 g/mol. The van der Waals surface area contributed by atoms with Gasteiger partial charge in [-0.1, -0.05) is 48.9 Å². The molecule has 0 aliphatic carbocycles. The molecule has 2 N–H and O–H groups in total. The Bertz CT molecular complexity index is 851. The Balaban J connectivity index is 1.87. The topological polar surface area (TPSA) is 101 Å². The van der Waals surface area contributed by atoms with Gasteiger partial charge < -0.3 is 5.32 Å². The fourth-order valence-corrected chi connectivity index (χ4v) is 4.88.